The van der Waals surface area contributed by atoms with Crippen molar-refractivity contribution in [3.63, 3.8) is 0 Å². The van der Waals surface area contributed by atoms with Crippen LogP contribution in [0.3, 0.4) is 0 Å². The molecule has 2 aliphatic heterocycles. The standard InChI is InChI=1S/C17H24N6O3/c1-12(2)23-16(25)15(24)22-11-17(26-9-14(22)19-23)4-5-21(10-17)8-13-6-18-20(3)7-13/h6-7,12H,4-5,8-11H2,1-3H3/t17-/m1/s1. The summed E-state index contributed by atoms with van der Waals surface area (Å²) in [4.78, 5) is 27.2. The summed E-state index contributed by atoms with van der Waals surface area (Å²) in [5.41, 5.74) is -0.348. The Morgan fingerprint density at radius 2 is 2.08 bits per heavy atom. The highest BCUT2D eigenvalue weighted by Crippen LogP contribution is 2.31. The van der Waals surface area contributed by atoms with E-state index in [4.69, 9.17) is 4.74 Å². The van der Waals surface area contributed by atoms with Crippen molar-refractivity contribution in [2.75, 3.05) is 13.1 Å². The molecule has 1 saturated heterocycles. The first-order valence-electron chi connectivity index (χ1n) is 8.93. The Labute approximate surface area is 150 Å². The van der Waals surface area contributed by atoms with E-state index in [9.17, 15) is 9.59 Å². The van der Waals surface area contributed by atoms with Gasteiger partial charge < -0.3 is 4.74 Å². The Bertz CT molecular complexity index is 943. The lowest BCUT2D eigenvalue weighted by Crippen LogP contribution is -2.53. The highest BCUT2D eigenvalue weighted by atomic mass is 16.5. The van der Waals surface area contributed by atoms with Crippen LogP contribution in [0.25, 0.3) is 0 Å². The molecule has 0 aromatic carbocycles. The molecule has 1 spiro atoms. The molecule has 2 aromatic heterocycles. The van der Waals surface area contributed by atoms with E-state index < -0.39 is 16.7 Å². The van der Waals surface area contributed by atoms with Crippen LogP contribution in [0.4, 0.5) is 0 Å². The van der Waals surface area contributed by atoms with Crippen molar-refractivity contribution in [2.24, 2.45) is 7.05 Å². The van der Waals surface area contributed by atoms with E-state index in [1.807, 2.05) is 33.3 Å². The lowest BCUT2D eigenvalue weighted by molar-refractivity contribution is -0.0860. The number of aromatic nitrogens is 5. The molecule has 4 rings (SSSR count). The lowest BCUT2D eigenvalue weighted by atomic mass is 10.0. The van der Waals surface area contributed by atoms with Crippen LogP contribution in [-0.2, 0) is 31.5 Å². The van der Waals surface area contributed by atoms with Crippen LogP contribution in [0.15, 0.2) is 22.0 Å². The van der Waals surface area contributed by atoms with Crippen LogP contribution in [0.2, 0.25) is 0 Å². The summed E-state index contributed by atoms with van der Waals surface area (Å²) < 4.78 is 10.7. The summed E-state index contributed by atoms with van der Waals surface area (Å²) in [5, 5.41) is 8.54. The van der Waals surface area contributed by atoms with E-state index in [0.29, 0.717) is 12.4 Å². The molecule has 0 unspecified atom stereocenters. The Balaban J connectivity index is 1.56. The summed E-state index contributed by atoms with van der Waals surface area (Å²) in [6.07, 6.45) is 4.70. The number of hydrogen-bond acceptors (Lipinski definition) is 6. The Morgan fingerprint density at radius 3 is 2.77 bits per heavy atom. The smallest absolute Gasteiger partial charge is 0.332 e. The van der Waals surface area contributed by atoms with Gasteiger partial charge in [-0.15, -0.1) is 0 Å². The molecule has 1 fully saturated rings. The van der Waals surface area contributed by atoms with Gasteiger partial charge in [-0.1, -0.05) is 0 Å². The molecule has 0 aliphatic carbocycles. The second kappa shape index (κ2) is 6.17. The molecular weight excluding hydrogens is 336 g/mol. The van der Waals surface area contributed by atoms with Crippen molar-refractivity contribution in [1.29, 1.82) is 0 Å². The lowest BCUT2D eigenvalue weighted by Gasteiger charge is -2.35. The molecule has 0 amide bonds. The third-order valence-electron chi connectivity index (χ3n) is 5.17. The molecule has 0 saturated carbocycles. The van der Waals surface area contributed by atoms with Gasteiger partial charge >= 0.3 is 11.1 Å². The first-order valence-corrected chi connectivity index (χ1v) is 8.93. The van der Waals surface area contributed by atoms with Gasteiger partial charge in [-0.3, -0.25) is 23.7 Å². The van der Waals surface area contributed by atoms with Crippen molar-refractivity contribution in [3.8, 4) is 0 Å². The summed E-state index contributed by atoms with van der Waals surface area (Å²) >= 11 is 0. The fourth-order valence-corrected chi connectivity index (χ4v) is 3.85. The molecule has 0 N–H and O–H groups in total. The Morgan fingerprint density at radius 1 is 1.27 bits per heavy atom. The maximum atomic E-state index is 12.6. The van der Waals surface area contributed by atoms with Crippen LogP contribution in [0.5, 0.6) is 0 Å². The Hall–Kier alpha value is -2.26. The van der Waals surface area contributed by atoms with E-state index in [-0.39, 0.29) is 12.6 Å². The number of ether oxygens (including phenoxy) is 1. The second-order valence-corrected chi connectivity index (χ2v) is 7.61. The van der Waals surface area contributed by atoms with Gasteiger partial charge in [0.15, 0.2) is 5.82 Å². The van der Waals surface area contributed by atoms with Gasteiger partial charge in [-0.2, -0.15) is 10.2 Å². The van der Waals surface area contributed by atoms with E-state index in [2.05, 4.69) is 15.1 Å². The average molecular weight is 360 g/mol. The fraction of sp³-hybridized carbons (Fsp3) is 0.647. The summed E-state index contributed by atoms with van der Waals surface area (Å²) in [6, 6.07) is -0.154. The van der Waals surface area contributed by atoms with Crippen molar-refractivity contribution < 1.29 is 4.74 Å². The fourth-order valence-electron chi connectivity index (χ4n) is 3.85. The second-order valence-electron chi connectivity index (χ2n) is 7.61. The van der Waals surface area contributed by atoms with Gasteiger partial charge in [-0.25, -0.2) is 4.68 Å². The molecule has 2 aromatic rings. The van der Waals surface area contributed by atoms with Crippen molar-refractivity contribution in [1.82, 2.24) is 29.0 Å². The molecule has 0 bridgehead atoms. The predicted octanol–water partition coefficient (Wildman–Crippen LogP) is -0.106. The van der Waals surface area contributed by atoms with E-state index >= 15 is 0 Å². The van der Waals surface area contributed by atoms with E-state index in [0.717, 1.165) is 31.6 Å². The quantitative estimate of drug-likeness (QED) is 0.710. The SMILES string of the molecule is CC(C)n1nc2n(c(=O)c1=O)C[C@]1(CCN(Cc3cnn(C)c3)C1)OC2. The summed E-state index contributed by atoms with van der Waals surface area (Å²) in [5.74, 6) is 0.527. The minimum absolute atomic E-state index is 0.154. The molecule has 140 valence electrons. The first kappa shape index (κ1) is 17.2. The molecule has 26 heavy (non-hydrogen) atoms. The molecule has 0 radical (unpaired) electrons. The van der Waals surface area contributed by atoms with Crippen LogP contribution < -0.4 is 11.1 Å². The van der Waals surface area contributed by atoms with Gasteiger partial charge in [0.2, 0.25) is 0 Å². The van der Waals surface area contributed by atoms with Crippen LogP contribution in [0, 0.1) is 0 Å². The van der Waals surface area contributed by atoms with Crippen LogP contribution >= 0.6 is 0 Å². The van der Waals surface area contributed by atoms with E-state index in [1.165, 1.54) is 9.25 Å². The number of likely N-dealkylation sites (tertiary alicyclic amines) is 1. The topological polar surface area (TPSA) is 87.2 Å². The molecule has 2 aliphatic rings. The zero-order valence-corrected chi connectivity index (χ0v) is 15.4. The molecule has 9 heteroatoms. The van der Waals surface area contributed by atoms with Crippen molar-refractivity contribution >= 4 is 0 Å². The van der Waals surface area contributed by atoms with E-state index in [1.54, 1.807) is 4.68 Å². The zero-order valence-electron chi connectivity index (χ0n) is 15.4. The number of aryl methyl sites for hydroxylation is 1. The van der Waals surface area contributed by atoms with Gasteiger partial charge in [0.25, 0.3) is 0 Å². The number of hydrogen-bond donors (Lipinski definition) is 0. The predicted molar refractivity (Wildman–Crippen MR) is 93.8 cm³/mol. The largest absolute Gasteiger partial charge is 0.364 e. The number of nitrogens with zero attached hydrogens (tertiary/aromatic N) is 6. The zero-order chi connectivity index (χ0) is 18.5. The number of fused-ring (bicyclic) bond motifs is 1. The molecule has 1 atom stereocenters. The minimum Gasteiger partial charge on any atom is -0.364 e. The van der Waals surface area contributed by atoms with Gasteiger partial charge in [-0.05, 0) is 20.3 Å². The van der Waals surface area contributed by atoms with Crippen molar-refractivity contribution in [3.05, 3.63) is 44.5 Å². The van der Waals surface area contributed by atoms with Gasteiger partial charge in [0, 0.05) is 38.4 Å². The summed E-state index contributed by atoms with van der Waals surface area (Å²) in [7, 11) is 1.90. The van der Waals surface area contributed by atoms with Crippen molar-refractivity contribution in [2.45, 2.75) is 51.6 Å². The summed E-state index contributed by atoms with van der Waals surface area (Å²) in [6.45, 7) is 6.71. The third kappa shape index (κ3) is 2.90. The monoisotopic (exact) mass is 360 g/mol. The van der Waals surface area contributed by atoms with Crippen LogP contribution in [0.1, 0.15) is 37.7 Å². The first-order chi connectivity index (χ1) is 12.4. The maximum absolute atomic E-state index is 12.6. The van der Waals surface area contributed by atoms with Gasteiger partial charge in [0.05, 0.1) is 18.8 Å². The minimum atomic E-state index is -0.564. The van der Waals surface area contributed by atoms with Crippen LogP contribution in [-0.4, -0.2) is 47.7 Å². The van der Waals surface area contributed by atoms with Gasteiger partial charge in [0.1, 0.15) is 12.2 Å². The molecular formula is C17H24N6O3. The highest BCUT2D eigenvalue weighted by molar-refractivity contribution is 5.06. The molecule has 9 nitrogen and oxygen atoms in total. The maximum Gasteiger partial charge on any atom is 0.332 e. The number of rotatable bonds is 3. The highest BCUT2D eigenvalue weighted by Gasteiger charge is 2.43. The average Bonchev–Trinajstić information content (AvgIpc) is 3.18. The Kier molecular flexibility index (Phi) is 4.07. The normalized spacial score (nSPS) is 23.1. The third-order valence-corrected chi connectivity index (χ3v) is 5.17. The molecule has 4 heterocycles.